The topological polar surface area (TPSA) is 61.9 Å². The van der Waals surface area contributed by atoms with Crippen molar-refractivity contribution < 1.29 is 0 Å². The van der Waals surface area contributed by atoms with Crippen molar-refractivity contribution in [1.29, 1.82) is 0 Å². The minimum Gasteiger partial charge on any atom is -0.370 e. The molecule has 96 valence electrons. The molecule has 0 aromatic carbocycles. The summed E-state index contributed by atoms with van der Waals surface area (Å²) in [5.41, 5.74) is 0. The highest BCUT2D eigenvalue weighted by atomic mass is 15.1. The van der Waals surface area contributed by atoms with Crippen LogP contribution in [0, 0.1) is 6.92 Å². The predicted molar refractivity (Wildman–Crippen MR) is 72.6 cm³/mol. The van der Waals surface area contributed by atoms with E-state index in [-0.39, 0.29) is 0 Å². The molecule has 0 saturated heterocycles. The smallest absolute Gasteiger partial charge is 0.131 e. The Morgan fingerprint density at radius 3 is 2.29 bits per heavy atom. The van der Waals surface area contributed by atoms with Gasteiger partial charge in [-0.1, -0.05) is 13.3 Å². The Bertz CT molecular complexity index is 298. The summed E-state index contributed by atoms with van der Waals surface area (Å²) in [6, 6.07) is 1.96. The van der Waals surface area contributed by atoms with Crippen molar-refractivity contribution in [3.8, 4) is 0 Å². The van der Waals surface area contributed by atoms with Gasteiger partial charge in [-0.25, -0.2) is 9.97 Å². The second-order valence-electron chi connectivity index (χ2n) is 4.00. The monoisotopic (exact) mass is 237 g/mol. The average molecular weight is 237 g/mol. The van der Waals surface area contributed by atoms with Gasteiger partial charge in [0.2, 0.25) is 0 Å². The third-order valence-electron chi connectivity index (χ3n) is 2.36. The van der Waals surface area contributed by atoms with E-state index >= 15 is 0 Å². The Labute approximate surface area is 103 Å². The highest BCUT2D eigenvalue weighted by molar-refractivity contribution is 5.47. The molecule has 0 aliphatic heterocycles. The summed E-state index contributed by atoms with van der Waals surface area (Å²) < 4.78 is 0. The lowest BCUT2D eigenvalue weighted by molar-refractivity contribution is 0.817. The highest BCUT2D eigenvalue weighted by Gasteiger charge is 2.00. The standard InChI is InChI=1S/C12H23N5/c1-4-5-6-14-11-9-12(15-8-7-13-3)17-10(2)16-11/h9,13H,4-8H2,1-3H3,(H2,14,15,16,17). The summed E-state index contributed by atoms with van der Waals surface area (Å²) in [6.45, 7) is 6.83. The third-order valence-corrected chi connectivity index (χ3v) is 2.36. The number of unbranched alkanes of at least 4 members (excludes halogenated alkanes) is 1. The molecule has 1 aromatic heterocycles. The van der Waals surface area contributed by atoms with Gasteiger partial charge in [0, 0.05) is 25.7 Å². The summed E-state index contributed by atoms with van der Waals surface area (Å²) >= 11 is 0. The molecule has 0 radical (unpaired) electrons. The molecule has 3 N–H and O–H groups in total. The number of aryl methyl sites for hydroxylation is 1. The molecule has 0 saturated carbocycles. The minimum atomic E-state index is 0.790. The van der Waals surface area contributed by atoms with E-state index in [1.807, 2.05) is 20.0 Å². The number of nitrogens with zero attached hydrogens (tertiary/aromatic N) is 2. The maximum Gasteiger partial charge on any atom is 0.131 e. The normalized spacial score (nSPS) is 10.3. The molecule has 1 aromatic rings. The molecular formula is C12H23N5. The van der Waals surface area contributed by atoms with Crippen LogP contribution in [0.4, 0.5) is 11.6 Å². The first-order valence-electron chi connectivity index (χ1n) is 6.24. The quantitative estimate of drug-likeness (QED) is 0.600. The molecule has 0 atom stereocenters. The van der Waals surface area contributed by atoms with Crippen molar-refractivity contribution in [3.05, 3.63) is 11.9 Å². The summed E-state index contributed by atoms with van der Waals surface area (Å²) in [4.78, 5) is 8.70. The number of aromatic nitrogens is 2. The van der Waals surface area contributed by atoms with E-state index in [1.54, 1.807) is 0 Å². The van der Waals surface area contributed by atoms with Gasteiger partial charge in [0.25, 0.3) is 0 Å². The minimum absolute atomic E-state index is 0.790. The first-order valence-corrected chi connectivity index (χ1v) is 6.24. The van der Waals surface area contributed by atoms with Crippen molar-refractivity contribution in [2.45, 2.75) is 26.7 Å². The molecule has 1 rings (SSSR count). The largest absolute Gasteiger partial charge is 0.370 e. The van der Waals surface area contributed by atoms with Crippen LogP contribution in [-0.2, 0) is 0 Å². The molecule has 0 aliphatic carbocycles. The second kappa shape index (κ2) is 7.84. The van der Waals surface area contributed by atoms with Crippen LogP contribution in [0.15, 0.2) is 6.07 Å². The van der Waals surface area contributed by atoms with Gasteiger partial charge in [-0.3, -0.25) is 0 Å². The molecule has 5 nitrogen and oxygen atoms in total. The zero-order valence-electron chi connectivity index (χ0n) is 11.0. The molecule has 0 spiro atoms. The van der Waals surface area contributed by atoms with Gasteiger partial charge >= 0.3 is 0 Å². The zero-order valence-corrected chi connectivity index (χ0v) is 11.0. The Kier molecular flexibility index (Phi) is 6.32. The van der Waals surface area contributed by atoms with E-state index in [4.69, 9.17) is 0 Å². The lowest BCUT2D eigenvalue weighted by Crippen LogP contribution is -2.18. The molecule has 0 aliphatic rings. The number of likely N-dealkylation sites (N-methyl/N-ethyl adjacent to an activating group) is 1. The van der Waals surface area contributed by atoms with Crippen molar-refractivity contribution in [1.82, 2.24) is 15.3 Å². The Morgan fingerprint density at radius 2 is 1.71 bits per heavy atom. The van der Waals surface area contributed by atoms with Gasteiger partial charge < -0.3 is 16.0 Å². The Morgan fingerprint density at radius 1 is 1.06 bits per heavy atom. The van der Waals surface area contributed by atoms with E-state index in [2.05, 4.69) is 32.8 Å². The van der Waals surface area contributed by atoms with Gasteiger partial charge in [0.15, 0.2) is 0 Å². The van der Waals surface area contributed by atoms with E-state index in [0.717, 1.165) is 43.5 Å². The van der Waals surface area contributed by atoms with Crippen LogP contribution in [0.5, 0.6) is 0 Å². The number of hydrogen-bond acceptors (Lipinski definition) is 5. The first kappa shape index (κ1) is 13.7. The third kappa shape index (κ3) is 5.49. The van der Waals surface area contributed by atoms with Crippen molar-refractivity contribution in [3.63, 3.8) is 0 Å². The van der Waals surface area contributed by atoms with Crippen molar-refractivity contribution in [2.24, 2.45) is 0 Å². The van der Waals surface area contributed by atoms with Crippen LogP contribution < -0.4 is 16.0 Å². The van der Waals surface area contributed by atoms with E-state index < -0.39 is 0 Å². The van der Waals surface area contributed by atoms with E-state index in [1.165, 1.54) is 6.42 Å². The SMILES string of the molecule is CCCCNc1cc(NCCNC)nc(C)n1. The molecule has 0 bridgehead atoms. The fourth-order valence-corrected chi connectivity index (χ4v) is 1.46. The van der Waals surface area contributed by atoms with Crippen LogP contribution >= 0.6 is 0 Å². The summed E-state index contributed by atoms with van der Waals surface area (Å²) in [7, 11) is 1.94. The maximum absolute atomic E-state index is 4.36. The van der Waals surface area contributed by atoms with Crippen LogP contribution in [0.3, 0.4) is 0 Å². The lowest BCUT2D eigenvalue weighted by atomic mass is 10.3. The predicted octanol–water partition coefficient (Wildman–Crippen LogP) is 1.63. The van der Waals surface area contributed by atoms with Gasteiger partial charge in [0.05, 0.1) is 0 Å². The number of hydrogen-bond donors (Lipinski definition) is 3. The van der Waals surface area contributed by atoms with Crippen LogP contribution in [0.1, 0.15) is 25.6 Å². The molecule has 0 unspecified atom stereocenters. The molecule has 0 amide bonds. The summed E-state index contributed by atoms with van der Waals surface area (Å²) in [5.74, 6) is 2.57. The molecular weight excluding hydrogens is 214 g/mol. The van der Waals surface area contributed by atoms with Crippen LogP contribution in [-0.4, -0.2) is 36.6 Å². The van der Waals surface area contributed by atoms with E-state index in [9.17, 15) is 0 Å². The van der Waals surface area contributed by atoms with Gasteiger partial charge in [-0.15, -0.1) is 0 Å². The maximum atomic E-state index is 4.36. The van der Waals surface area contributed by atoms with Crippen molar-refractivity contribution in [2.75, 3.05) is 37.3 Å². The fraction of sp³-hybridized carbons (Fsp3) is 0.667. The van der Waals surface area contributed by atoms with Crippen LogP contribution in [0.2, 0.25) is 0 Å². The number of nitrogens with one attached hydrogen (secondary N) is 3. The van der Waals surface area contributed by atoms with Gasteiger partial charge in [-0.2, -0.15) is 0 Å². The zero-order chi connectivity index (χ0) is 12.5. The Hall–Kier alpha value is -1.36. The number of rotatable bonds is 8. The number of anilines is 2. The summed E-state index contributed by atoms with van der Waals surface area (Å²) in [5, 5.41) is 9.66. The fourth-order valence-electron chi connectivity index (χ4n) is 1.46. The summed E-state index contributed by atoms with van der Waals surface area (Å²) in [6.07, 6.45) is 2.34. The molecule has 0 fully saturated rings. The van der Waals surface area contributed by atoms with Gasteiger partial charge in [-0.05, 0) is 20.4 Å². The molecule has 17 heavy (non-hydrogen) atoms. The lowest BCUT2D eigenvalue weighted by Gasteiger charge is -2.09. The van der Waals surface area contributed by atoms with Crippen molar-refractivity contribution >= 4 is 11.6 Å². The molecule has 1 heterocycles. The first-order chi connectivity index (χ1) is 8.26. The second-order valence-corrected chi connectivity index (χ2v) is 4.00. The highest BCUT2D eigenvalue weighted by Crippen LogP contribution is 2.10. The Balaban J connectivity index is 2.53. The van der Waals surface area contributed by atoms with Gasteiger partial charge in [0.1, 0.15) is 17.5 Å². The molecule has 5 heteroatoms. The van der Waals surface area contributed by atoms with Crippen LogP contribution in [0.25, 0.3) is 0 Å². The van der Waals surface area contributed by atoms with E-state index in [0.29, 0.717) is 0 Å². The average Bonchev–Trinajstić information content (AvgIpc) is 2.29.